The summed E-state index contributed by atoms with van der Waals surface area (Å²) in [5.74, 6) is 1.31. The summed E-state index contributed by atoms with van der Waals surface area (Å²) in [6.07, 6.45) is 5.44. The van der Waals surface area contributed by atoms with Gasteiger partial charge in [-0.25, -0.2) is 0 Å². The lowest BCUT2D eigenvalue weighted by atomic mass is 9.83. The van der Waals surface area contributed by atoms with Crippen LogP contribution in [0.15, 0.2) is 23.9 Å². The molecule has 1 saturated heterocycles. The third kappa shape index (κ3) is 1.72. The van der Waals surface area contributed by atoms with Crippen LogP contribution in [-0.2, 0) is 0 Å². The van der Waals surface area contributed by atoms with E-state index in [1.54, 1.807) is 0 Å². The molecule has 2 heterocycles. The molecule has 0 aromatic rings. The molecule has 2 rings (SSSR count). The highest BCUT2D eigenvalue weighted by Crippen LogP contribution is 2.50. The van der Waals surface area contributed by atoms with E-state index < -0.39 is 0 Å². The highest BCUT2D eigenvalue weighted by atomic mass is 15.4. The highest BCUT2D eigenvalue weighted by Gasteiger charge is 2.47. The van der Waals surface area contributed by atoms with Gasteiger partial charge < -0.3 is 14.7 Å². The molecule has 0 spiro atoms. The van der Waals surface area contributed by atoms with E-state index in [-0.39, 0.29) is 11.0 Å². The molecular weight excluding hydrogens is 210 g/mol. The van der Waals surface area contributed by atoms with Crippen molar-refractivity contribution in [1.29, 1.82) is 0 Å². The van der Waals surface area contributed by atoms with Crippen LogP contribution in [0.25, 0.3) is 0 Å². The SMILES string of the molecule is CN1C=CN(C)C1=C1N(C)C(C)(C)CC1(C)C. The Hall–Kier alpha value is -1.12. The van der Waals surface area contributed by atoms with Crippen molar-refractivity contribution in [3.63, 3.8) is 0 Å². The molecule has 0 amide bonds. The van der Waals surface area contributed by atoms with Crippen molar-refractivity contribution in [3.05, 3.63) is 23.9 Å². The van der Waals surface area contributed by atoms with Crippen molar-refractivity contribution < 1.29 is 0 Å². The second-order valence-corrected chi connectivity index (χ2v) is 6.62. The van der Waals surface area contributed by atoms with Crippen molar-refractivity contribution in [1.82, 2.24) is 14.7 Å². The molecule has 3 nitrogen and oxygen atoms in total. The molecule has 0 N–H and O–H groups in total. The Labute approximate surface area is 105 Å². The van der Waals surface area contributed by atoms with Gasteiger partial charge in [-0.05, 0) is 20.3 Å². The van der Waals surface area contributed by atoms with Crippen LogP contribution in [-0.4, -0.2) is 41.4 Å². The Balaban J connectivity index is 2.54. The van der Waals surface area contributed by atoms with Crippen molar-refractivity contribution in [3.8, 4) is 0 Å². The molecule has 0 radical (unpaired) electrons. The lowest BCUT2D eigenvalue weighted by Gasteiger charge is -2.34. The molecule has 17 heavy (non-hydrogen) atoms. The number of nitrogens with zero attached hydrogens (tertiary/aromatic N) is 3. The molecule has 0 atom stereocenters. The third-order valence-electron chi connectivity index (χ3n) is 4.15. The van der Waals surface area contributed by atoms with Gasteiger partial charge in [0, 0.05) is 44.5 Å². The first-order chi connectivity index (χ1) is 7.67. The molecule has 0 saturated carbocycles. The van der Waals surface area contributed by atoms with Crippen LogP contribution < -0.4 is 0 Å². The number of hydrogen-bond acceptors (Lipinski definition) is 3. The zero-order valence-electron chi connectivity index (χ0n) is 12.2. The van der Waals surface area contributed by atoms with E-state index in [9.17, 15) is 0 Å². The van der Waals surface area contributed by atoms with Crippen molar-refractivity contribution in [2.24, 2.45) is 5.41 Å². The van der Waals surface area contributed by atoms with Crippen LogP contribution in [0.2, 0.25) is 0 Å². The third-order valence-corrected chi connectivity index (χ3v) is 4.15. The molecule has 1 fully saturated rings. The summed E-state index contributed by atoms with van der Waals surface area (Å²) in [4.78, 5) is 6.88. The molecule has 0 unspecified atom stereocenters. The largest absolute Gasteiger partial charge is 0.369 e. The predicted octanol–water partition coefficient (Wildman–Crippen LogP) is 2.64. The minimum absolute atomic E-state index is 0.224. The van der Waals surface area contributed by atoms with E-state index in [1.165, 1.54) is 17.9 Å². The van der Waals surface area contributed by atoms with Crippen LogP contribution in [0, 0.1) is 5.41 Å². The lowest BCUT2D eigenvalue weighted by Crippen LogP contribution is -2.36. The van der Waals surface area contributed by atoms with Gasteiger partial charge in [-0.3, -0.25) is 0 Å². The van der Waals surface area contributed by atoms with Gasteiger partial charge in [-0.15, -0.1) is 0 Å². The summed E-state index contributed by atoms with van der Waals surface area (Å²) < 4.78 is 0. The minimum atomic E-state index is 0.224. The normalized spacial score (nSPS) is 26.4. The van der Waals surface area contributed by atoms with Gasteiger partial charge in [0.15, 0.2) is 0 Å². The van der Waals surface area contributed by atoms with Crippen LogP contribution >= 0.6 is 0 Å². The second-order valence-electron chi connectivity index (χ2n) is 6.62. The van der Waals surface area contributed by atoms with E-state index in [4.69, 9.17) is 0 Å². The van der Waals surface area contributed by atoms with E-state index in [0.29, 0.717) is 0 Å². The minimum Gasteiger partial charge on any atom is -0.369 e. The quantitative estimate of drug-likeness (QED) is 0.639. The Morgan fingerprint density at radius 1 is 0.941 bits per heavy atom. The second kappa shape index (κ2) is 3.44. The zero-order valence-corrected chi connectivity index (χ0v) is 12.2. The summed E-state index contributed by atoms with van der Waals surface area (Å²) in [7, 11) is 6.46. The first-order valence-electron chi connectivity index (χ1n) is 6.29. The Bertz CT molecular complexity index is 376. The maximum absolute atomic E-state index is 2.45. The number of likely N-dealkylation sites (tertiary alicyclic amines) is 1. The van der Waals surface area contributed by atoms with E-state index in [1.807, 2.05) is 0 Å². The van der Waals surface area contributed by atoms with Crippen molar-refractivity contribution in [2.45, 2.75) is 39.7 Å². The number of hydrogen-bond donors (Lipinski definition) is 0. The fourth-order valence-electron chi connectivity index (χ4n) is 3.42. The average molecular weight is 235 g/mol. The van der Waals surface area contributed by atoms with Crippen LogP contribution in [0.3, 0.4) is 0 Å². The molecule has 3 heteroatoms. The summed E-state index contributed by atoms with van der Waals surface area (Å²) in [5, 5.41) is 0. The molecule has 96 valence electrons. The van der Waals surface area contributed by atoms with Gasteiger partial charge >= 0.3 is 0 Å². The zero-order chi connectivity index (χ0) is 13.0. The molecule has 2 aliphatic heterocycles. The van der Waals surface area contributed by atoms with E-state index in [0.717, 1.165) is 0 Å². The van der Waals surface area contributed by atoms with Crippen molar-refractivity contribution in [2.75, 3.05) is 21.1 Å². The molecule has 2 aliphatic rings. The van der Waals surface area contributed by atoms with Crippen LogP contribution in [0.5, 0.6) is 0 Å². The Morgan fingerprint density at radius 3 is 1.76 bits per heavy atom. The number of rotatable bonds is 0. The summed E-state index contributed by atoms with van der Waals surface area (Å²) >= 11 is 0. The van der Waals surface area contributed by atoms with Gasteiger partial charge in [0.25, 0.3) is 0 Å². The van der Waals surface area contributed by atoms with E-state index in [2.05, 4.69) is 75.9 Å². The number of allylic oxidation sites excluding steroid dienone is 1. The van der Waals surface area contributed by atoms with Crippen molar-refractivity contribution >= 4 is 0 Å². The monoisotopic (exact) mass is 235 g/mol. The van der Waals surface area contributed by atoms with Crippen LogP contribution in [0.4, 0.5) is 0 Å². The molecule has 0 bridgehead atoms. The first kappa shape index (κ1) is 12.3. The fourth-order valence-corrected chi connectivity index (χ4v) is 3.42. The molecule has 0 aromatic carbocycles. The average Bonchev–Trinajstić information content (AvgIpc) is 2.53. The fraction of sp³-hybridized carbons (Fsp3) is 0.714. The maximum atomic E-state index is 2.45. The van der Waals surface area contributed by atoms with Gasteiger partial charge in [0.05, 0.1) is 5.70 Å². The predicted molar refractivity (Wildman–Crippen MR) is 71.9 cm³/mol. The topological polar surface area (TPSA) is 9.72 Å². The summed E-state index contributed by atoms with van der Waals surface area (Å²) in [6, 6.07) is 0. The summed E-state index contributed by atoms with van der Waals surface area (Å²) in [6.45, 7) is 9.34. The smallest absolute Gasteiger partial charge is 0.132 e. The van der Waals surface area contributed by atoms with Gasteiger partial charge in [-0.1, -0.05) is 13.8 Å². The van der Waals surface area contributed by atoms with Gasteiger partial charge in [-0.2, -0.15) is 0 Å². The Morgan fingerprint density at radius 2 is 1.41 bits per heavy atom. The maximum Gasteiger partial charge on any atom is 0.132 e. The highest BCUT2D eigenvalue weighted by molar-refractivity contribution is 5.29. The lowest BCUT2D eigenvalue weighted by molar-refractivity contribution is 0.237. The van der Waals surface area contributed by atoms with Gasteiger partial charge in [0.2, 0.25) is 0 Å². The summed E-state index contributed by atoms with van der Waals surface area (Å²) in [5.41, 5.74) is 1.90. The first-order valence-corrected chi connectivity index (χ1v) is 6.29. The van der Waals surface area contributed by atoms with E-state index >= 15 is 0 Å². The van der Waals surface area contributed by atoms with Gasteiger partial charge in [0.1, 0.15) is 5.82 Å². The molecule has 0 aliphatic carbocycles. The Kier molecular flexibility index (Phi) is 2.49. The van der Waals surface area contributed by atoms with Crippen LogP contribution in [0.1, 0.15) is 34.1 Å². The molecular formula is C14H25N3. The standard InChI is InChI=1S/C14H25N3/c1-13(2)10-14(3,4)17(7)11(13)12-15(5)8-9-16(12)6/h8-9H,10H2,1-7H3. The molecule has 0 aromatic heterocycles.